The Balaban J connectivity index is 1.03. The Hall–Kier alpha value is -2.53. The van der Waals surface area contributed by atoms with E-state index in [4.69, 9.17) is 4.74 Å². The van der Waals surface area contributed by atoms with Gasteiger partial charge in [0.2, 0.25) is 0 Å². The Morgan fingerprint density at radius 1 is 0.794 bits per heavy atom. The van der Waals surface area contributed by atoms with Gasteiger partial charge in [0, 0.05) is 56.1 Å². The van der Waals surface area contributed by atoms with Crippen molar-refractivity contribution < 1.29 is 9.53 Å². The van der Waals surface area contributed by atoms with E-state index in [2.05, 4.69) is 28.0 Å². The number of hydrogen-bond donors (Lipinski definition) is 0. The molecule has 2 saturated heterocycles. The lowest BCUT2D eigenvalue weighted by atomic mass is 9.90. The SMILES string of the molecule is O=C(c1ccccc1)N1CCC(N2CCc3cc(OC4CCN(C5CCC5)CC4)ccc32)CC1. The van der Waals surface area contributed by atoms with E-state index in [9.17, 15) is 4.79 Å². The molecule has 1 amide bonds. The third kappa shape index (κ3) is 4.43. The zero-order valence-electron chi connectivity index (χ0n) is 20.2. The second kappa shape index (κ2) is 9.61. The summed E-state index contributed by atoms with van der Waals surface area (Å²) in [4.78, 5) is 20.1. The molecule has 2 aromatic carbocycles. The molecule has 5 nitrogen and oxygen atoms in total. The average molecular weight is 460 g/mol. The molecule has 1 saturated carbocycles. The van der Waals surface area contributed by atoms with Gasteiger partial charge in [-0.3, -0.25) is 4.79 Å². The summed E-state index contributed by atoms with van der Waals surface area (Å²) in [5.41, 5.74) is 3.60. The summed E-state index contributed by atoms with van der Waals surface area (Å²) in [6.07, 6.45) is 10.0. The number of fused-ring (bicyclic) bond motifs is 1. The van der Waals surface area contributed by atoms with Crippen LogP contribution in [0.15, 0.2) is 48.5 Å². The molecule has 5 heteroatoms. The van der Waals surface area contributed by atoms with Crippen molar-refractivity contribution in [2.24, 2.45) is 0 Å². The van der Waals surface area contributed by atoms with E-state index >= 15 is 0 Å². The Morgan fingerprint density at radius 2 is 1.56 bits per heavy atom. The fraction of sp³-hybridized carbons (Fsp3) is 0.552. The second-order valence-electron chi connectivity index (χ2n) is 10.6. The molecule has 0 unspecified atom stereocenters. The second-order valence-corrected chi connectivity index (χ2v) is 10.6. The van der Waals surface area contributed by atoms with E-state index in [1.165, 1.54) is 43.6 Å². The molecule has 3 aliphatic heterocycles. The molecular formula is C29H37N3O2. The predicted octanol–water partition coefficient (Wildman–Crippen LogP) is 4.75. The first kappa shape index (κ1) is 22.0. The van der Waals surface area contributed by atoms with Crippen molar-refractivity contribution in [1.82, 2.24) is 9.80 Å². The Bertz CT molecular complexity index is 990. The van der Waals surface area contributed by atoms with Crippen LogP contribution in [0, 0.1) is 0 Å². The molecule has 0 N–H and O–H groups in total. The number of carbonyl (C=O) groups is 1. The molecule has 34 heavy (non-hydrogen) atoms. The molecule has 3 heterocycles. The van der Waals surface area contributed by atoms with Gasteiger partial charge in [-0.25, -0.2) is 0 Å². The number of carbonyl (C=O) groups excluding carboxylic acids is 1. The van der Waals surface area contributed by atoms with Gasteiger partial charge in [0.25, 0.3) is 5.91 Å². The minimum absolute atomic E-state index is 0.168. The van der Waals surface area contributed by atoms with Crippen molar-refractivity contribution in [2.75, 3.05) is 37.6 Å². The van der Waals surface area contributed by atoms with Crippen LogP contribution in [-0.2, 0) is 6.42 Å². The first-order chi connectivity index (χ1) is 16.7. The first-order valence-electron chi connectivity index (χ1n) is 13.4. The van der Waals surface area contributed by atoms with Gasteiger partial charge in [-0.2, -0.15) is 0 Å². The molecule has 6 rings (SSSR count). The van der Waals surface area contributed by atoms with Crippen LogP contribution in [0.2, 0.25) is 0 Å². The highest BCUT2D eigenvalue weighted by atomic mass is 16.5. The average Bonchev–Trinajstić information content (AvgIpc) is 3.28. The van der Waals surface area contributed by atoms with Crippen molar-refractivity contribution in [3.05, 3.63) is 59.7 Å². The van der Waals surface area contributed by atoms with Crippen LogP contribution in [0.1, 0.15) is 60.9 Å². The monoisotopic (exact) mass is 459 g/mol. The number of hydrogen-bond acceptors (Lipinski definition) is 4. The van der Waals surface area contributed by atoms with Crippen LogP contribution in [0.25, 0.3) is 0 Å². The third-order valence-corrected chi connectivity index (χ3v) is 8.57. The molecule has 0 aromatic heterocycles. The summed E-state index contributed by atoms with van der Waals surface area (Å²) in [7, 11) is 0. The maximum Gasteiger partial charge on any atom is 0.253 e. The molecule has 180 valence electrons. The summed E-state index contributed by atoms with van der Waals surface area (Å²) >= 11 is 0. The predicted molar refractivity (Wildman–Crippen MR) is 136 cm³/mol. The number of ether oxygens (including phenoxy) is 1. The highest BCUT2D eigenvalue weighted by molar-refractivity contribution is 5.94. The minimum Gasteiger partial charge on any atom is -0.490 e. The number of nitrogens with zero attached hydrogens (tertiary/aromatic N) is 3. The van der Waals surface area contributed by atoms with Crippen molar-refractivity contribution >= 4 is 11.6 Å². The number of rotatable bonds is 5. The van der Waals surface area contributed by atoms with Crippen LogP contribution in [0.3, 0.4) is 0 Å². The number of benzene rings is 2. The number of anilines is 1. The van der Waals surface area contributed by atoms with E-state index in [0.29, 0.717) is 12.1 Å². The highest BCUT2D eigenvalue weighted by Gasteiger charge is 2.32. The smallest absolute Gasteiger partial charge is 0.253 e. The van der Waals surface area contributed by atoms with Gasteiger partial charge in [-0.15, -0.1) is 0 Å². The van der Waals surface area contributed by atoms with Gasteiger partial charge in [0.1, 0.15) is 11.9 Å². The zero-order chi connectivity index (χ0) is 22.9. The Kier molecular flexibility index (Phi) is 6.21. The maximum atomic E-state index is 12.8. The summed E-state index contributed by atoms with van der Waals surface area (Å²) in [5.74, 6) is 1.21. The van der Waals surface area contributed by atoms with Crippen LogP contribution in [-0.4, -0.2) is 66.6 Å². The van der Waals surface area contributed by atoms with Gasteiger partial charge in [-0.05, 0) is 80.8 Å². The van der Waals surface area contributed by atoms with Gasteiger partial charge in [-0.1, -0.05) is 24.6 Å². The molecule has 0 radical (unpaired) electrons. The number of amides is 1. The largest absolute Gasteiger partial charge is 0.490 e. The molecule has 2 aromatic rings. The van der Waals surface area contributed by atoms with E-state index in [-0.39, 0.29) is 5.91 Å². The fourth-order valence-corrected chi connectivity index (χ4v) is 6.30. The van der Waals surface area contributed by atoms with Gasteiger partial charge >= 0.3 is 0 Å². The molecule has 3 fully saturated rings. The van der Waals surface area contributed by atoms with Crippen molar-refractivity contribution in [3.8, 4) is 5.75 Å². The Labute approximate surface area is 203 Å². The van der Waals surface area contributed by atoms with Gasteiger partial charge in [0.05, 0.1) is 0 Å². The standard InChI is InChI=1S/C29H37N3O2/c33-29(22-5-2-1-3-6-22)31-16-12-25(13-17-31)32-20-11-23-21-27(9-10-28(23)32)34-26-14-18-30(19-15-26)24-7-4-8-24/h1-3,5-6,9-10,21,24-26H,4,7-8,11-20H2. The molecule has 0 bridgehead atoms. The van der Waals surface area contributed by atoms with Crippen LogP contribution in [0.4, 0.5) is 5.69 Å². The lowest BCUT2D eigenvalue weighted by Gasteiger charge is -2.41. The summed E-state index contributed by atoms with van der Waals surface area (Å²) in [6, 6.07) is 17.8. The first-order valence-corrected chi connectivity index (χ1v) is 13.4. The lowest BCUT2D eigenvalue weighted by molar-refractivity contribution is 0.0493. The molecule has 0 spiro atoms. The Morgan fingerprint density at radius 3 is 2.26 bits per heavy atom. The molecular weight excluding hydrogens is 422 g/mol. The van der Waals surface area contributed by atoms with E-state index < -0.39 is 0 Å². The van der Waals surface area contributed by atoms with Crippen LogP contribution in [0.5, 0.6) is 5.75 Å². The van der Waals surface area contributed by atoms with Gasteiger partial charge < -0.3 is 19.4 Å². The van der Waals surface area contributed by atoms with Crippen molar-refractivity contribution in [2.45, 2.75) is 69.6 Å². The molecule has 0 atom stereocenters. The topological polar surface area (TPSA) is 36.0 Å². The zero-order valence-corrected chi connectivity index (χ0v) is 20.2. The lowest BCUT2D eigenvalue weighted by Crippen LogP contribution is -2.46. The minimum atomic E-state index is 0.168. The summed E-state index contributed by atoms with van der Waals surface area (Å²) < 4.78 is 6.43. The van der Waals surface area contributed by atoms with Crippen LogP contribution >= 0.6 is 0 Å². The van der Waals surface area contributed by atoms with Crippen LogP contribution < -0.4 is 9.64 Å². The molecule has 1 aliphatic carbocycles. The fourth-order valence-electron chi connectivity index (χ4n) is 6.30. The highest BCUT2D eigenvalue weighted by Crippen LogP contribution is 2.36. The number of likely N-dealkylation sites (tertiary alicyclic amines) is 2. The maximum absolute atomic E-state index is 12.8. The summed E-state index contributed by atoms with van der Waals surface area (Å²) in [6.45, 7) is 5.14. The number of piperidine rings is 2. The van der Waals surface area contributed by atoms with Crippen molar-refractivity contribution in [1.29, 1.82) is 0 Å². The van der Waals surface area contributed by atoms with Crippen molar-refractivity contribution in [3.63, 3.8) is 0 Å². The quantitative estimate of drug-likeness (QED) is 0.647. The van der Waals surface area contributed by atoms with E-state index in [0.717, 1.165) is 69.1 Å². The van der Waals surface area contributed by atoms with E-state index in [1.807, 2.05) is 35.2 Å². The summed E-state index contributed by atoms with van der Waals surface area (Å²) in [5, 5.41) is 0. The third-order valence-electron chi connectivity index (χ3n) is 8.57. The normalized spacial score (nSPS) is 22.5. The van der Waals surface area contributed by atoms with E-state index in [1.54, 1.807) is 0 Å². The van der Waals surface area contributed by atoms with Gasteiger partial charge in [0.15, 0.2) is 0 Å². The molecule has 4 aliphatic rings.